The molecule has 12 unspecified atom stereocenters. The van der Waals surface area contributed by atoms with E-state index < -0.39 is 0 Å². The molecule has 48 heavy (non-hydrogen) atoms. The first-order valence-corrected chi connectivity index (χ1v) is 13.8. The minimum atomic E-state index is 0. The molecule has 0 heterocycles. The average Bonchev–Trinajstić information content (AvgIpc) is 2.69. The van der Waals surface area contributed by atoms with E-state index in [1.165, 1.54) is 0 Å². The molecule has 12 atom stereocenters. The van der Waals surface area contributed by atoms with E-state index in [9.17, 15) is 0 Å². The van der Waals surface area contributed by atoms with Crippen LogP contribution in [-0.2, 0) is 0 Å². The predicted octanol–water partition coefficient (Wildman–Crippen LogP) is 19.2. The Labute approximate surface area is 325 Å². The molecule has 0 radical (unpaired) electrons. The Morgan fingerprint density at radius 2 is 0.229 bits per heavy atom. The Bertz CT molecular complexity index is 219. The van der Waals surface area contributed by atoms with Crippen LogP contribution in [0.2, 0.25) is 0 Å². The molecule has 0 aliphatic rings. The van der Waals surface area contributed by atoms with Crippen molar-refractivity contribution in [3.05, 3.63) is 83.1 Å². The molecule has 0 bridgehead atoms. The summed E-state index contributed by atoms with van der Waals surface area (Å²) in [5, 5.41) is 0. The van der Waals surface area contributed by atoms with Gasteiger partial charge >= 0.3 is 0 Å². The van der Waals surface area contributed by atoms with Gasteiger partial charge in [-0.05, 0) is 41.5 Å². The van der Waals surface area contributed by atoms with Gasteiger partial charge in [0.2, 0.25) is 0 Å². The largest absolute Gasteiger partial charge is 0.336 e. The fourth-order valence-corrected chi connectivity index (χ4v) is 0. The molecule has 0 aromatic rings. The summed E-state index contributed by atoms with van der Waals surface area (Å²) in [6.45, 7) is 70.1. The van der Waals surface area contributed by atoms with Crippen molar-refractivity contribution in [2.45, 2.75) is 172 Å². The Hall–Kier alpha value is -0.780. The summed E-state index contributed by atoms with van der Waals surface area (Å²) in [4.78, 5) is 0. The van der Waals surface area contributed by atoms with Crippen molar-refractivity contribution in [1.29, 1.82) is 0 Å². The van der Waals surface area contributed by atoms with Gasteiger partial charge in [-0.2, -0.15) is 0 Å². The van der Waals surface area contributed by atoms with Crippen LogP contribution in [0.3, 0.4) is 0 Å². The SMILES string of the molecule is C.C.C.C.C.C.C.C.C.C.C.C.[CH2+]C(C)C([CH2-])C.[CH2+]C(C)C([CH2-])C.[CH2+]C(C)C([CH2-])C.[CH2+]C(C)C([CH2-])C.[CH2+]C(C)C([CH2-])C.[CH2+]C(C)C([CH2-])C. The van der Waals surface area contributed by atoms with Crippen molar-refractivity contribution in [2.24, 2.45) is 71.0 Å². The molecule has 0 saturated heterocycles. The van der Waals surface area contributed by atoms with Gasteiger partial charge in [-0.3, -0.25) is 0 Å². The van der Waals surface area contributed by atoms with Crippen molar-refractivity contribution >= 4 is 0 Å². The first kappa shape index (κ1) is 118. The molecule has 0 amide bonds. The van der Waals surface area contributed by atoms with Crippen LogP contribution >= 0.6 is 0 Å². The highest BCUT2D eigenvalue weighted by atomic mass is 14.0. The number of hydrogen-bond acceptors (Lipinski definition) is 0. The second-order valence-corrected chi connectivity index (χ2v) is 11.7. The lowest BCUT2D eigenvalue weighted by molar-refractivity contribution is 0.551. The highest BCUT2D eigenvalue weighted by molar-refractivity contribution is 4.66. The van der Waals surface area contributed by atoms with Gasteiger partial charge in [-0.25, -0.2) is 0 Å². The summed E-state index contributed by atoms with van der Waals surface area (Å²) in [6.07, 6.45) is 0. The fraction of sp³-hybridized carbons (Fsp3) is 0.750. The molecule has 312 valence electrons. The maximum Gasteiger partial charge on any atom is 0.0680 e. The van der Waals surface area contributed by atoms with E-state index in [1.54, 1.807) is 0 Å². The summed E-state index contributed by atoms with van der Waals surface area (Å²) < 4.78 is 0. The summed E-state index contributed by atoms with van der Waals surface area (Å²) >= 11 is 0. The molecule has 0 rings (SSSR count). The van der Waals surface area contributed by atoms with E-state index in [-0.39, 0.29) is 89.1 Å². The predicted molar refractivity (Wildman–Crippen MR) is 255 cm³/mol. The van der Waals surface area contributed by atoms with Crippen LogP contribution in [0.4, 0.5) is 0 Å². The van der Waals surface area contributed by atoms with E-state index in [0.29, 0.717) is 71.0 Å². The standard InChI is InChI=1S/6C6H12.12CH4/c6*1-5(2)6(3)4;;;;;;;;;;;;/h6*5-6H,1,3H2,2,4H3;12*1H4. The quantitative estimate of drug-likeness (QED) is 0.243. The van der Waals surface area contributed by atoms with E-state index >= 15 is 0 Å². The lowest BCUT2D eigenvalue weighted by Gasteiger charge is -2.06. The summed E-state index contributed by atoms with van der Waals surface area (Å²) in [6, 6.07) is 0. The topological polar surface area (TPSA) is 0 Å². The minimum Gasteiger partial charge on any atom is -0.336 e. The van der Waals surface area contributed by atoms with Crippen molar-refractivity contribution in [3.63, 3.8) is 0 Å². The van der Waals surface area contributed by atoms with Gasteiger partial charge in [0.05, 0.1) is 77.0 Å². The number of hydrogen-bond donors (Lipinski definition) is 0. The third-order valence-electron chi connectivity index (χ3n) is 5.83. The van der Waals surface area contributed by atoms with Gasteiger partial charge in [-0.1, -0.05) is 131 Å². The smallest absolute Gasteiger partial charge is 0.0680 e. The molecule has 0 saturated carbocycles. The van der Waals surface area contributed by atoms with Gasteiger partial charge < -0.3 is 41.5 Å². The van der Waals surface area contributed by atoms with Gasteiger partial charge in [0, 0.05) is 0 Å². The molecule has 0 heteroatoms. The monoisotopic (exact) mass is 697 g/mol. The average molecular weight is 697 g/mol. The van der Waals surface area contributed by atoms with Gasteiger partial charge in [0.25, 0.3) is 0 Å². The maximum atomic E-state index is 3.78. The normalized spacial score (nSPS) is 14.9. The van der Waals surface area contributed by atoms with Crippen LogP contribution in [0.25, 0.3) is 0 Å². The summed E-state index contributed by atoms with van der Waals surface area (Å²) in [5.41, 5.74) is 0. The van der Waals surface area contributed by atoms with Crippen LogP contribution in [0.1, 0.15) is 172 Å². The van der Waals surface area contributed by atoms with Crippen LogP contribution < -0.4 is 0 Å². The van der Waals surface area contributed by atoms with Gasteiger partial charge in [0.15, 0.2) is 0 Å². The molecule has 0 fully saturated rings. The Kier molecular flexibility index (Phi) is 188. The summed E-state index contributed by atoms with van der Waals surface area (Å²) in [7, 11) is 0. The first-order valence-electron chi connectivity index (χ1n) is 13.8. The Morgan fingerprint density at radius 3 is 0.229 bits per heavy atom. The minimum absolute atomic E-state index is 0. The Morgan fingerprint density at radius 1 is 0.208 bits per heavy atom. The van der Waals surface area contributed by atoms with Gasteiger partial charge in [-0.15, -0.1) is 35.5 Å². The lowest BCUT2D eigenvalue weighted by atomic mass is 10.0. The fourth-order valence-electron chi connectivity index (χ4n) is 0. The highest BCUT2D eigenvalue weighted by Crippen LogP contribution is 2.07. The molecule has 0 aromatic carbocycles. The van der Waals surface area contributed by atoms with E-state index in [0.717, 1.165) is 0 Å². The molecular weight excluding hydrogens is 577 g/mol. The molecule has 0 aliphatic heterocycles. The Balaban J connectivity index is -0.0000000134. The third-order valence-corrected chi connectivity index (χ3v) is 5.83. The van der Waals surface area contributed by atoms with E-state index in [2.05, 4.69) is 166 Å². The highest BCUT2D eigenvalue weighted by Gasteiger charge is 1.99. The van der Waals surface area contributed by atoms with Crippen molar-refractivity contribution in [3.8, 4) is 0 Å². The molecule has 0 nitrogen and oxygen atoms in total. The second kappa shape index (κ2) is 76.2. The van der Waals surface area contributed by atoms with Crippen LogP contribution in [-0.4, -0.2) is 0 Å². The third kappa shape index (κ3) is 164. The molecule has 0 aliphatic carbocycles. The van der Waals surface area contributed by atoms with Crippen LogP contribution in [0.5, 0.6) is 0 Å². The van der Waals surface area contributed by atoms with Gasteiger partial charge in [0.1, 0.15) is 0 Å². The maximum absolute atomic E-state index is 3.78. The zero-order chi connectivity index (χ0) is 30.9. The zero-order valence-corrected chi connectivity index (χ0v) is 27.4. The van der Waals surface area contributed by atoms with Crippen LogP contribution in [0.15, 0.2) is 0 Å². The van der Waals surface area contributed by atoms with E-state index in [4.69, 9.17) is 0 Å². The molecular formula is C48H120. The molecule has 0 spiro atoms. The summed E-state index contributed by atoms with van der Waals surface area (Å²) in [5.74, 6) is 5.89. The van der Waals surface area contributed by atoms with Crippen molar-refractivity contribution in [2.75, 3.05) is 0 Å². The first-order chi connectivity index (χ1) is 15.9. The van der Waals surface area contributed by atoms with Crippen LogP contribution in [0, 0.1) is 154 Å². The number of rotatable bonds is 6. The zero-order valence-electron chi connectivity index (χ0n) is 27.4. The van der Waals surface area contributed by atoms with E-state index in [1.807, 2.05) is 0 Å². The lowest BCUT2D eigenvalue weighted by Crippen LogP contribution is -1.96. The van der Waals surface area contributed by atoms with Crippen molar-refractivity contribution in [1.82, 2.24) is 0 Å². The molecule has 0 N–H and O–H groups in total. The van der Waals surface area contributed by atoms with Crippen molar-refractivity contribution < 1.29 is 0 Å². The molecule has 0 aromatic heterocycles. The second-order valence-electron chi connectivity index (χ2n) is 11.7.